The van der Waals surface area contributed by atoms with E-state index >= 15 is 0 Å². The first-order valence-electron chi connectivity index (χ1n) is 9.37. The smallest absolute Gasteiger partial charge is 0.337 e. The molecule has 2 aromatic heterocycles. The van der Waals surface area contributed by atoms with Gasteiger partial charge in [0.05, 0.1) is 11.1 Å². The number of hydrogen-bond acceptors (Lipinski definition) is 5. The molecule has 2 N–H and O–H groups in total. The molecule has 0 spiro atoms. The van der Waals surface area contributed by atoms with Crippen molar-refractivity contribution in [2.75, 3.05) is 13.1 Å². The third kappa shape index (κ3) is 3.08. The molecule has 1 amide bonds. The molecule has 0 atom stereocenters. The first-order chi connectivity index (χ1) is 13.5. The third-order valence-corrected chi connectivity index (χ3v) is 6.31. The summed E-state index contributed by atoms with van der Waals surface area (Å²) < 4.78 is 2.50. The normalized spacial score (nSPS) is 14.3. The van der Waals surface area contributed by atoms with Crippen LogP contribution in [0.1, 0.15) is 23.8 Å². The molecule has 0 saturated carbocycles. The average molecular weight is 398 g/mol. The van der Waals surface area contributed by atoms with Crippen LogP contribution in [0.2, 0.25) is 0 Å². The lowest BCUT2D eigenvalue weighted by atomic mass is 10.1. The van der Waals surface area contributed by atoms with Gasteiger partial charge in [-0.2, -0.15) is 0 Å². The van der Waals surface area contributed by atoms with Crippen molar-refractivity contribution in [2.45, 2.75) is 32.9 Å². The number of para-hydroxylation sites is 1. The summed E-state index contributed by atoms with van der Waals surface area (Å²) in [6, 6.07) is 8.80. The fourth-order valence-corrected chi connectivity index (χ4v) is 5.24. The van der Waals surface area contributed by atoms with Gasteiger partial charge in [-0.3, -0.25) is 19.1 Å². The summed E-state index contributed by atoms with van der Waals surface area (Å²) in [5.41, 5.74) is 6.03. The number of hydrogen-bond donors (Lipinski definition) is 1. The minimum absolute atomic E-state index is 0.249. The van der Waals surface area contributed by atoms with E-state index in [1.54, 1.807) is 24.3 Å². The number of benzene rings is 1. The van der Waals surface area contributed by atoms with E-state index in [9.17, 15) is 14.4 Å². The van der Waals surface area contributed by atoms with Gasteiger partial charge in [-0.1, -0.05) is 25.1 Å². The Morgan fingerprint density at radius 1 is 1.21 bits per heavy atom. The van der Waals surface area contributed by atoms with Crippen LogP contribution in [0.25, 0.3) is 15.9 Å². The number of primary amides is 1. The molecule has 7 nitrogen and oxygen atoms in total. The van der Waals surface area contributed by atoms with Crippen LogP contribution in [0, 0.1) is 0 Å². The molecule has 0 saturated heterocycles. The summed E-state index contributed by atoms with van der Waals surface area (Å²) in [5.74, 6) is -0.611. The highest BCUT2D eigenvalue weighted by Crippen LogP contribution is 2.33. The second-order valence-corrected chi connectivity index (χ2v) is 8.10. The maximum atomic E-state index is 13.4. The van der Waals surface area contributed by atoms with Crippen molar-refractivity contribution in [1.29, 1.82) is 0 Å². The van der Waals surface area contributed by atoms with E-state index in [-0.39, 0.29) is 12.1 Å². The summed E-state index contributed by atoms with van der Waals surface area (Å²) >= 11 is 1.43. The second-order valence-electron chi connectivity index (χ2n) is 7.02. The molecule has 28 heavy (non-hydrogen) atoms. The molecule has 146 valence electrons. The van der Waals surface area contributed by atoms with Crippen molar-refractivity contribution in [3.8, 4) is 5.69 Å². The Morgan fingerprint density at radius 2 is 1.96 bits per heavy atom. The lowest BCUT2D eigenvalue weighted by molar-refractivity contribution is -0.118. The van der Waals surface area contributed by atoms with Gasteiger partial charge in [0, 0.05) is 18.0 Å². The summed E-state index contributed by atoms with van der Waals surface area (Å²) in [6.45, 7) is 4.53. The molecular weight excluding hydrogens is 376 g/mol. The summed E-state index contributed by atoms with van der Waals surface area (Å²) in [7, 11) is 0. The van der Waals surface area contributed by atoms with Gasteiger partial charge in [0.2, 0.25) is 5.91 Å². The van der Waals surface area contributed by atoms with Gasteiger partial charge in [0.25, 0.3) is 5.56 Å². The molecule has 3 aromatic rings. The number of nitrogens with two attached hydrogens (primary N) is 1. The third-order valence-electron chi connectivity index (χ3n) is 5.07. The quantitative estimate of drug-likeness (QED) is 0.705. The molecule has 3 heterocycles. The highest BCUT2D eigenvalue weighted by Gasteiger charge is 2.26. The maximum absolute atomic E-state index is 13.4. The van der Waals surface area contributed by atoms with E-state index in [0.717, 1.165) is 47.5 Å². The Bertz CT molecular complexity index is 1160. The van der Waals surface area contributed by atoms with Crippen LogP contribution < -0.4 is 17.0 Å². The van der Waals surface area contributed by atoms with Gasteiger partial charge >= 0.3 is 5.69 Å². The lowest BCUT2D eigenvalue weighted by Crippen LogP contribution is -2.41. The highest BCUT2D eigenvalue weighted by molar-refractivity contribution is 7.18. The highest BCUT2D eigenvalue weighted by atomic mass is 32.1. The number of nitrogens with zero attached hydrogens (tertiary/aromatic N) is 3. The summed E-state index contributed by atoms with van der Waals surface area (Å²) in [4.78, 5) is 42.1. The van der Waals surface area contributed by atoms with E-state index in [4.69, 9.17) is 5.73 Å². The number of carbonyl (C=O) groups is 1. The minimum atomic E-state index is -0.611. The summed E-state index contributed by atoms with van der Waals surface area (Å²) in [5, 5.41) is 0.542. The monoisotopic (exact) mass is 398 g/mol. The molecule has 0 fully saturated rings. The Kier molecular flexibility index (Phi) is 4.91. The molecular formula is C20H22N4O3S. The summed E-state index contributed by atoms with van der Waals surface area (Å²) in [6.07, 6.45) is 1.82. The molecule has 8 heteroatoms. The van der Waals surface area contributed by atoms with Crippen molar-refractivity contribution in [2.24, 2.45) is 5.73 Å². The van der Waals surface area contributed by atoms with Gasteiger partial charge in [-0.05, 0) is 37.1 Å². The minimum Gasteiger partial charge on any atom is -0.368 e. The molecule has 1 aromatic carbocycles. The standard InChI is InChI=1S/C20H22N4O3S/c1-2-9-22-10-8-14-15(11-22)28-19-17(14)18(26)24(13-6-4-3-5-7-13)20(27)23(19)12-16(21)25/h3-7H,2,8-12H2,1H3,(H2,21,25). The fourth-order valence-electron chi connectivity index (χ4n) is 3.87. The van der Waals surface area contributed by atoms with E-state index in [1.807, 2.05) is 6.07 Å². The first-order valence-corrected chi connectivity index (χ1v) is 10.2. The van der Waals surface area contributed by atoms with Crippen LogP contribution in [0.3, 0.4) is 0 Å². The van der Waals surface area contributed by atoms with Crippen LogP contribution in [0.4, 0.5) is 0 Å². The first kappa shape index (κ1) is 18.6. The number of amides is 1. The SMILES string of the molecule is CCCN1CCc2c(sc3c2c(=O)n(-c2ccccc2)c(=O)n3CC(N)=O)C1. The Balaban J connectivity index is 2.02. The van der Waals surface area contributed by atoms with Crippen molar-refractivity contribution in [3.05, 3.63) is 61.6 Å². The van der Waals surface area contributed by atoms with E-state index in [2.05, 4.69) is 11.8 Å². The van der Waals surface area contributed by atoms with Crippen molar-refractivity contribution < 1.29 is 4.79 Å². The number of carbonyl (C=O) groups excluding carboxylic acids is 1. The van der Waals surface area contributed by atoms with Crippen LogP contribution in [0.5, 0.6) is 0 Å². The molecule has 0 unspecified atom stereocenters. The number of thiophene rings is 1. The van der Waals surface area contributed by atoms with Crippen molar-refractivity contribution in [1.82, 2.24) is 14.0 Å². The number of fused-ring (bicyclic) bond motifs is 3. The molecule has 0 aliphatic carbocycles. The van der Waals surface area contributed by atoms with E-state index < -0.39 is 11.6 Å². The zero-order valence-electron chi connectivity index (χ0n) is 15.7. The Labute approximate surface area is 165 Å². The van der Waals surface area contributed by atoms with E-state index in [0.29, 0.717) is 15.9 Å². The fraction of sp³-hybridized carbons (Fsp3) is 0.350. The van der Waals surface area contributed by atoms with Gasteiger partial charge < -0.3 is 5.73 Å². The lowest BCUT2D eigenvalue weighted by Gasteiger charge is -2.26. The molecule has 1 aliphatic heterocycles. The Morgan fingerprint density at radius 3 is 2.64 bits per heavy atom. The number of rotatable bonds is 5. The second kappa shape index (κ2) is 7.37. The van der Waals surface area contributed by atoms with E-state index in [1.165, 1.54) is 15.9 Å². The van der Waals surface area contributed by atoms with Gasteiger partial charge in [-0.25, -0.2) is 9.36 Å². The van der Waals surface area contributed by atoms with Crippen molar-refractivity contribution in [3.63, 3.8) is 0 Å². The van der Waals surface area contributed by atoms with Gasteiger partial charge in [0.1, 0.15) is 11.4 Å². The topological polar surface area (TPSA) is 90.3 Å². The average Bonchev–Trinajstić information content (AvgIpc) is 3.05. The molecule has 4 rings (SSSR count). The predicted molar refractivity (Wildman–Crippen MR) is 110 cm³/mol. The largest absolute Gasteiger partial charge is 0.368 e. The Hall–Kier alpha value is -2.71. The molecule has 0 bridgehead atoms. The zero-order chi connectivity index (χ0) is 19.8. The van der Waals surface area contributed by atoms with Gasteiger partial charge in [0.15, 0.2) is 0 Å². The zero-order valence-corrected chi connectivity index (χ0v) is 16.5. The van der Waals surface area contributed by atoms with Crippen LogP contribution in [-0.4, -0.2) is 33.0 Å². The van der Waals surface area contributed by atoms with Crippen molar-refractivity contribution >= 4 is 27.5 Å². The predicted octanol–water partition coefficient (Wildman–Crippen LogP) is 1.47. The van der Waals surface area contributed by atoms with Gasteiger partial charge in [-0.15, -0.1) is 11.3 Å². The number of aromatic nitrogens is 2. The van der Waals surface area contributed by atoms with Crippen LogP contribution in [-0.2, 0) is 24.3 Å². The molecule has 0 radical (unpaired) electrons. The van der Waals surface area contributed by atoms with Crippen LogP contribution in [0.15, 0.2) is 39.9 Å². The maximum Gasteiger partial charge on any atom is 0.337 e. The molecule has 1 aliphatic rings. The van der Waals surface area contributed by atoms with Crippen LogP contribution >= 0.6 is 11.3 Å².